The van der Waals surface area contributed by atoms with Crippen molar-refractivity contribution >= 4 is 5.91 Å². The number of hydrogen-bond donors (Lipinski definition) is 1. The van der Waals surface area contributed by atoms with Gasteiger partial charge in [-0.3, -0.25) is 9.36 Å². The predicted molar refractivity (Wildman–Crippen MR) is 125 cm³/mol. The summed E-state index contributed by atoms with van der Waals surface area (Å²) in [5, 5.41) is 7.39. The minimum atomic E-state index is -0.329. The van der Waals surface area contributed by atoms with Crippen molar-refractivity contribution in [3.05, 3.63) is 52.4 Å². The Bertz CT molecular complexity index is 1200. The number of rotatable bonds is 10. The van der Waals surface area contributed by atoms with E-state index in [0.717, 1.165) is 24.2 Å². The van der Waals surface area contributed by atoms with Gasteiger partial charge in [-0.05, 0) is 49.2 Å². The molecule has 3 aromatic rings. The summed E-state index contributed by atoms with van der Waals surface area (Å²) in [5.74, 6) is 2.20. The van der Waals surface area contributed by atoms with Crippen LogP contribution in [0.25, 0.3) is 11.4 Å². The van der Waals surface area contributed by atoms with E-state index in [-0.39, 0.29) is 30.7 Å². The maximum atomic E-state index is 13.0. The lowest BCUT2D eigenvalue weighted by atomic mass is 10.1. The summed E-state index contributed by atoms with van der Waals surface area (Å²) in [6.07, 6.45) is 1.90. The van der Waals surface area contributed by atoms with Crippen molar-refractivity contribution in [2.45, 2.75) is 25.4 Å². The smallest absolute Gasteiger partial charge is 0.346 e. The minimum Gasteiger partial charge on any atom is -0.497 e. The third-order valence-corrected chi connectivity index (χ3v) is 5.67. The van der Waals surface area contributed by atoms with Gasteiger partial charge in [-0.1, -0.05) is 0 Å². The summed E-state index contributed by atoms with van der Waals surface area (Å²) >= 11 is 0. The topological polar surface area (TPSA) is 106 Å². The molecule has 0 bridgehead atoms. The zero-order valence-corrected chi connectivity index (χ0v) is 19.7. The normalized spacial score (nSPS) is 12.8. The van der Waals surface area contributed by atoms with Crippen LogP contribution in [0.2, 0.25) is 0 Å². The largest absolute Gasteiger partial charge is 0.497 e. The molecular formula is C24H28N4O6. The molecule has 34 heavy (non-hydrogen) atoms. The molecule has 1 amide bonds. The van der Waals surface area contributed by atoms with E-state index in [0.29, 0.717) is 28.6 Å². The highest BCUT2D eigenvalue weighted by Crippen LogP contribution is 2.38. The van der Waals surface area contributed by atoms with Gasteiger partial charge in [0.25, 0.3) is 5.91 Å². The molecule has 1 heterocycles. The lowest BCUT2D eigenvalue weighted by Crippen LogP contribution is -2.32. The van der Waals surface area contributed by atoms with Crippen molar-refractivity contribution < 1.29 is 23.7 Å². The summed E-state index contributed by atoms with van der Waals surface area (Å²) in [6.45, 7) is 0.455. The second-order valence-electron chi connectivity index (χ2n) is 7.83. The van der Waals surface area contributed by atoms with Crippen LogP contribution in [0.5, 0.6) is 23.0 Å². The molecule has 2 aromatic carbocycles. The van der Waals surface area contributed by atoms with E-state index in [4.69, 9.17) is 18.9 Å². The van der Waals surface area contributed by atoms with E-state index in [2.05, 4.69) is 10.4 Å². The number of carbonyl (C=O) groups is 1. The average Bonchev–Trinajstić information content (AvgIpc) is 3.66. The SMILES string of the molecule is COc1ccc(-c2nn(CCNC(=O)c3cc(OC)c(OC)c(OC)c3)c(=O)n2C2CC2)cc1. The summed E-state index contributed by atoms with van der Waals surface area (Å²) < 4.78 is 24.3. The second-order valence-corrected chi connectivity index (χ2v) is 7.83. The fourth-order valence-electron chi connectivity index (χ4n) is 3.75. The summed E-state index contributed by atoms with van der Waals surface area (Å²) in [5.41, 5.74) is 1.00. The van der Waals surface area contributed by atoms with E-state index < -0.39 is 0 Å². The molecule has 10 heteroatoms. The van der Waals surface area contributed by atoms with Crippen LogP contribution in [-0.4, -0.2) is 55.2 Å². The molecule has 0 saturated heterocycles. The summed E-state index contributed by atoms with van der Waals surface area (Å²) in [4.78, 5) is 25.8. The standard InChI is InChI=1S/C24H28N4O6/c1-31-18-9-5-15(6-10-18)22-26-27(24(30)28(22)17-7-8-17)12-11-25-23(29)16-13-19(32-2)21(34-4)20(14-16)33-3/h5-6,9-10,13-14,17H,7-8,11-12H2,1-4H3,(H,25,29). The molecule has 1 aliphatic rings. The highest BCUT2D eigenvalue weighted by Gasteiger charge is 2.30. The first-order valence-electron chi connectivity index (χ1n) is 10.9. The van der Waals surface area contributed by atoms with E-state index in [1.54, 1.807) is 23.8 Å². The molecule has 1 saturated carbocycles. The van der Waals surface area contributed by atoms with Gasteiger partial charge in [-0.15, -0.1) is 5.10 Å². The number of hydrogen-bond acceptors (Lipinski definition) is 7. The van der Waals surface area contributed by atoms with Crippen LogP contribution in [0.4, 0.5) is 0 Å². The van der Waals surface area contributed by atoms with Gasteiger partial charge in [0.2, 0.25) is 5.75 Å². The van der Waals surface area contributed by atoms with E-state index in [9.17, 15) is 9.59 Å². The molecule has 10 nitrogen and oxygen atoms in total. The molecule has 1 aromatic heterocycles. The first kappa shape index (κ1) is 23.2. The molecule has 0 unspecified atom stereocenters. The summed E-state index contributed by atoms with van der Waals surface area (Å²) in [7, 11) is 6.08. The Morgan fingerprint density at radius 2 is 1.65 bits per heavy atom. The van der Waals surface area contributed by atoms with Gasteiger partial charge in [0.05, 0.1) is 35.0 Å². The van der Waals surface area contributed by atoms with Crippen molar-refractivity contribution in [3.63, 3.8) is 0 Å². The van der Waals surface area contributed by atoms with Crippen LogP contribution in [0, 0.1) is 0 Å². The Morgan fingerprint density at radius 3 is 2.18 bits per heavy atom. The Kier molecular flexibility index (Phi) is 6.76. The molecule has 180 valence electrons. The number of nitrogens with zero attached hydrogens (tertiary/aromatic N) is 3. The van der Waals surface area contributed by atoms with Crippen molar-refractivity contribution in [3.8, 4) is 34.4 Å². The van der Waals surface area contributed by atoms with Crippen LogP contribution in [0.15, 0.2) is 41.2 Å². The molecule has 0 radical (unpaired) electrons. The first-order valence-corrected chi connectivity index (χ1v) is 10.9. The molecule has 1 aliphatic carbocycles. The van der Waals surface area contributed by atoms with Gasteiger partial charge in [-0.25, -0.2) is 9.48 Å². The fraction of sp³-hybridized carbons (Fsp3) is 0.375. The van der Waals surface area contributed by atoms with Crippen molar-refractivity contribution in [1.82, 2.24) is 19.7 Å². The number of amides is 1. The fourth-order valence-corrected chi connectivity index (χ4v) is 3.75. The number of nitrogens with one attached hydrogen (secondary N) is 1. The Hall–Kier alpha value is -3.95. The van der Waals surface area contributed by atoms with Gasteiger partial charge >= 0.3 is 5.69 Å². The number of ether oxygens (including phenoxy) is 4. The highest BCUT2D eigenvalue weighted by molar-refractivity contribution is 5.95. The second kappa shape index (κ2) is 9.90. The van der Waals surface area contributed by atoms with Gasteiger partial charge in [0, 0.05) is 23.7 Å². The molecule has 1 N–H and O–H groups in total. The number of benzene rings is 2. The number of carbonyl (C=O) groups excluding carboxylic acids is 1. The Balaban J connectivity index is 1.50. The summed E-state index contributed by atoms with van der Waals surface area (Å²) in [6, 6.07) is 10.8. The van der Waals surface area contributed by atoms with Crippen LogP contribution in [0.1, 0.15) is 29.2 Å². The lowest BCUT2D eigenvalue weighted by Gasteiger charge is -2.14. The first-order chi connectivity index (χ1) is 16.5. The zero-order valence-electron chi connectivity index (χ0n) is 19.7. The van der Waals surface area contributed by atoms with Crippen molar-refractivity contribution in [1.29, 1.82) is 0 Å². The van der Waals surface area contributed by atoms with Gasteiger partial charge in [0.1, 0.15) is 5.75 Å². The van der Waals surface area contributed by atoms with Crippen molar-refractivity contribution in [2.75, 3.05) is 35.0 Å². The van der Waals surface area contributed by atoms with Crippen LogP contribution >= 0.6 is 0 Å². The van der Waals surface area contributed by atoms with Crippen LogP contribution in [0.3, 0.4) is 0 Å². The third-order valence-electron chi connectivity index (χ3n) is 5.67. The maximum absolute atomic E-state index is 13.0. The van der Waals surface area contributed by atoms with Crippen LogP contribution in [-0.2, 0) is 6.54 Å². The molecule has 4 rings (SSSR count). The van der Waals surface area contributed by atoms with Gasteiger partial charge in [0.15, 0.2) is 17.3 Å². The van der Waals surface area contributed by atoms with Crippen molar-refractivity contribution in [2.24, 2.45) is 0 Å². The molecular weight excluding hydrogens is 440 g/mol. The average molecular weight is 469 g/mol. The molecule has 0 spiro atoms. The molecule has 0 atom stereocenters. The van der Waals surface area contributed by atoms with E-state index in [1.807, 2.05) is 24.3 Å². The van der Waals surface area contributed by atoms with Crippen LogP contribution < -0.4 is 30.0 Å². The Labute approximate surface area is 197 Å². The number of aromatic nitrogens is 3. The third kappa shape index (κ3) is 4.57. The highest BCUT2D eigenvalue weighted by atomic mass is 16.5. The molecule has 1 fully saturated rings. The monoisotopic (exact) mass is 468 g/mol. The predicted octanol–water partition coefficient (Wildman–Crippen LogP) is 2.51. The van der Waals surface area contributed by atoms with Gasteiger partial charge in [-0.2, -0.15) is 0 Å². The lowest BCUT2D eigenvalue weighted by molar-refractivity contribution is 0.0951. The Morgan fingerprint density at radius 1 is 1.00 bits per heavy atom. The maximum Gasteiger partial charge on any atom is 0.346 e. The molecule has 0 aliphatic heterocycles. The quantitative estimate of drug-likeness (QED) is 0.487. The van der Waals surface area contributed by atoms with E-state index >= 15 is 0 Å². The van der Waals surface area contributed by atoms with Gasteiger partial charge < -0.3 is 24.3 Å². The number of methoxy groups -OCH3 is 4. The minimum absolute atomic E-state index is 0.159. The zero-order chi connectivity index (χ0) is 24.2. The van der Waals surface area contributed by atoms with E-state index in [1.165, 1.54) is 26.0 Å².